The van der Waals surface area contributed by atoms with Crippen molar-refractivity contribution in [1.82, 2.24) is 10.0 Å². The summed E-state index contributed by atoms with van der Waals surface area (Å²) in [5, 5.41) is 2.51. The highest BCUT2D eigenvalue weighted by Crippen LogP contribution is 2.33. The van der Waals surface area contributed by atoms with Gasteiger partial charge in [-0.2, -0.15) is 0 Å². The van der Waals surface area contributed by atoms with Gasteiger partial charge in [-0.15, -0.1) is 0 Å². The van der Waals surface area contributed by atoms with Crippen molar-refractivity contribution >= 4 is 10.0 Å². The molecule has 5 heteroatoms. The Morgan fingerprint density at radius 1 is 1.33 bits per heavy atom. The quantitative estimate of drug-likeness (QED) is 0.682. The zero-order valence-corrected chi connectivity index (χ0v) is 10.6. The fraction of sp³-hybridized carbons (Fsp3) is 1.00. The van der Waals surface area contributed by atoms with E-state index in [4.69, 9.17) is 0 Å². The van der Waals surface area contributed by atoms with E-state index in [1.165, 1.54) is 12.8 Å². The van der Waals surface area contributed by atoms with E-state index in [2.05, 4.69) is 10.0 Å². The van der Waals surface area contributed by atoms with Crippen LogP contribution in [0.25, 0.3) is 0 Å². The van der Waals surface area contributed by atoms with Crippen LogP contribution >= 0.6 is 0 Å². The molecular formula is C10H22N2O2S. The number of rotatable bonds is 7. The monoisotopic (exact) mass is 234 g/mol. The van der Waals surface area contributed by atoms with Gasteiger partial charge in [0, 0.05) is 12.6 Å². The van der Waals surface area contributed by atoms with Crippen LogP contribution in [0.4, 0.5) is 0 Å². The second-order valence-electron chi connectivity index (χ2n) is 4.61. The lowest BCUT2D eigenvalue weighted by Gasteiger charge is -2.18. The third kappa shape index (κ3) is 4.49. The SMILES string of the molecule is CNCC(C)S(=O)(=O)NC(C)CC1CC1. The molecule has 0 aliphatic heterocycles. The molecule has 1 aliphatic carbocycles. The van der Waals surface area contributed by atoms with Gasteiger partial charge in [-0.05, 0) is 33.2 Å². The molecule has 4 nitrogen and oxygen atoms in total. The largest absolute Gasteiger partial charge is 0.318 e. The van der Waals surface area contributed by atoms with Crippen molar-refractivity contribution in [2.24, 2.45) is 5.92 Å². The molecule has 0 amide bonds. The average molecular weight is 234 g/mol. The lowest BCUT2D eigenvalue weighted by atomic mass is 10.2. The van der Waals surface area contributed by atoms with E-state index in [0.29, 0.717) is 6.54 Å². The summed E-state index contributed by atoms with van der Waals surface area (Å²) < 4.78 is 26.3. The summed E-state index contributed by atoms with van der Waals surface area (Å²) in [6.07, 6.45) is 3.50. The van der Waals surface area contributed by atoms with Crippen LogP contribution < -0.4 is 10.0 Å². The predicted octanol–water partition coefficient (Wildman–Crippen LogP) is 0.702. The van der Waals surface area contributed by atoms with Crippen molar-refractivity contribution in [3.63, 3.8) is 0 Å². The van der Waals surface area contributed by atoms with E-state index in [9.17, 15) is 8.42 Å². The second kappa shape index (κ2) is 5.27. The molecule has 2 unspecified atom stereocenters. The summed E-state index contributed by atoms with van der Waals surface area (Å²) in [6.45, 7) is 4.16. The van der Waals surface area contributed by atoms with E-state index in [0.717, 1.165) is 12.3 Å². The van der Waals surface area contributed by atoms with Crippen molar-refractivity contribution < 1.29 is 8.42 Å². The maximum Gasteiger partial charge on any atom is 0.215 e. The third-order valence-corrected chi connectivity index (χ3v) is 4.73. The number of sulfonamides is 1. The van der Waals surface area contributed by atoms with E-state index in [1.54, 1.807) is 14.0 Å². The lowest BCUT2D eigenvalue weighted by molar-refractivity contribution is 0.519. The lowest BCUT2D eigenvalue weighted by Crippen LogP contribution is -2.42. The molecule has 1 fully saturated rings. The molecule has 0 aromatic carbocycles. The van der Waals surface area contributed by atoms with E-state index >= 15 is 0 Å². The molecule has 0 radical (unpaired) electrons. The number of nitrogens with one attached hydrogen (secondary N) is 2. The Morgan fingerprint density at radius 2 is 1.93 bits per heavy atom. The molecule has 0 spiro atoms. The van der Waals surface area contributed by atoms with Crippen LogP contribution in [0.3, 0.4) is 0 Å². The van der Waals surface area contributed by atoms with Crippen LogP contribution in [0, 0.1) is 5.92 Å². The molecule has 1 aliphatic rings. The van der Waals surface area contributed by atoms with Crippen LogP contribution in [0.1, 0.15) is 33.1 Å². The highest BCUT2D eigenvalue weighted by molar-refractivity contribution is 7.90. The van der Waals surface area contributed by atoms with Gasteiger partial charge < -0.3 is 5.32 Å². The van der Waals surface area contributed by atoms with Crippen molar-refractivity contribution in [2.75, 3.05) is 13.6 Å². The van der Waals surface area contributed by atoms with Crippen molar-refractivity contribution in [3.8, 4) is 0 Å². The average Bonchev–Trinajstić information content (AvgIpc) is 2.87. The molecule has 0 heterocycles. The van der Waals surface area contributed by atoms with Crippen molar-refractivity contribution in [3.05, 3.63) is 0 Å². The Kier molecular flexibility index (Phi) is 4.55. The van der Waals surface area contributed by atoms with Crippen LogP contribution in [-0.2, 0) is 10.0 Å². The molecule has 1 saturated carbocycles. The fourth-order valence-corrected chi connectivity index (χ4v) is 2.97. The number of hydrogen-bond donors (Lipinski definition) is 2. The van der Waals surface area contributed by atoms with Crippen LogP contribution in [0.2, 0.25) is 0 Å². The summed E-state index contributed by atoms with van der Waals surface area (Å²) in [5.41, 5.74) is 0. The molecule has 15 heavy (non-hydrogen) atoms. The maximum absolute atomic E-state index is 11.8. The molecular weight excluding hydrogens is 212 g/mol. The fourth-order valence-electron chi connectivity index (χ4n) is 1.70. The Hall–Kier alpha value is -0.130. The highest BCUT2D eigenvalue weighted by atomic mass is 32.2. The smallest absolute Gasteiger partial charge is 0.215 e. The van der Waals surface area contributed by atoms with Crippen molar-refractivity contribution in [2.45, 2.75) is 44.4 Å². The summed E-state index contributed by atoms with van der Waals surface area (Å²) in [5.74, 6) is 0.752. The number of hydrogen-bond acceptors (Lipinski definition) is 3. The predicted molar refractivity (Wildman–Crippen MR) is 62.2 cm³/mol. The summed E-state index contributed by atoms with van der Waals surface area (Å²) >= 11 is 0. The third-order valence-electron chi connectivity index (χ3n) is 2.77. The van der Waals surface area contributed by atoms with Gasteiger partial charge in [-0.25, -0.2) is 13.1 Å². The Morgan fingerprint density at radius 3 is 2.40 bits per heavy atom. The first-order valence-electron chi connectivity index (χ1n) is 5.61. The second-order valence-corrected chi connectivity index (χ2v) is 6.74. The molecule has 1 rings (SSSR count). The minimum Gasteiger partial charge on any atom is -0.318 e. The standard InChI is InChI=1S/C10H22N2O2S/c1-8(6-10-4-5-10)12-15(13,14)9(2)7-11-3/h8-12H,4-7H2,1-3H3. The molecule has 90 valence electrons. The molecule has 0 saturated heterocycles. The zero-order valence-electron chi connectivity index (χ0n) is 9.79. The first kappa shape index (κ1) is 12.9. The van der Waals surface area contributed by atoms with Crippen LogP contribution in [-0.4, -0.2) is 33.3 Å². The van der Waals surface area contributed by atoms with Gasteiger partial charge >= 0.3 is 0 Å². The normalized spacial score (nSPS) is 21.3. The Labute approximate surface area is 92.9 Å². The minimum atomic E-state index is -3.15. The topological polar surface area (TPSA) is 58.2 Å². The van der Waals surface area contributed by atoms with Gasteiger partial charge in [-0.3, -0.25) is 0 Å². The Balaban J connectivity index is 2.39. The van der Waals surface area contributed by atoms with Crippen LogP contribution in [0.15, 0.2) is 0 Å². The molecule has 0 aromatic rings. The molecule has 2 atom stereocenters. The van der Waals surface area contributed by atoms with Gasteiger partial charge in [0.1, 0.15) is 0 Å². The van der Waals surface area contributed by atoms with Gasteiger partial charge in [0.25, 0.3) is 0 Å². The summed E-state index contributed by atoms with van der Waals surface area (Å²) in [6, 6.07) is 0.0711. The van der Waals surface area contributed by atoms with Gasteiger partial charge in [0.2, 0.25) is 10.0 Å². The Bertz CT molecular complexity index is 286. The van der Waals surface area contributed by atoms with Gasteiger partial charge in [-0.1, -0.05) is 12.8 Å². The molecule has 2 N–H and O–H groups in total. The van der Waals surface area contributed by atoms with Crippen LogP contribution in [0.5, 0.6) is 0 Å². The summed E-state index contributed by atoms with van der Waals surface area (Å²) in [7, 11) is -1.39. The van der Waals surface area contributed by atoms with Crippen molar-refractivity contribution in [1.29, 1.82) is 0 Å². The van der Waals surface area contributed by atoms with E-state index in [1.807, 2.05) is 6.92 Å². The molecule has 0 aromatic heterocycles. The van der Waals surface area contributed by atoms with Gasteiger partial charge in [0.05, 0.1) is 5.25 Å². The van der Waals surface area contributed by atoms with E-state index in [-0.39, 0.29) is 11.3 Å². The maximum atomic E-state index is 11.8. The molecule has 0 bridgehead atoms. The minimum absolute atomic E-state index is 0.0711. The zero-order chi connectivity index (χ0) is 11.5. The first-order chi connectivity index (χ1) is 6.95. The first-order valence-corrected chi connectivity index (χ1v) is 7.16. The highest BCUT2D eigenvalue weighted by Gasteiger charge is 2.27. The summed E-state index contributed by atoms with van der Waals surface area (Å²) in [4.78, 5) is 0. The van der Waals surface area contributed by atoms with Gasteiger partial charge in [0.15, 0.2) is 0 Å². The van der Waals surface area contributed by atoms with E-state index < -0.39 is 10.0 Å².